The highest BCUT2D eigenvalue weighted by Crippen LogP contribution is 2.19. The molecule has 0 spiro atoms. The zero-order chi connectivity index (χ0) is 8.72. The molecule has 0 aliphatic carbocycles. The summed E-state index contributed by atoms with van der Waals surface area (Å²) in [6.07, 6.45) is 0. The van der Waals surface area contributed by atoms with Crippen LogP contribution in [0.25, 0.3) is 11.0 Å². The average Bonchev–Trinajstić information content (AvgIpc) is 2.29. The van der Waals surface area contributed by atoms with E-state index in [1.807, 2.05) is 0 Å². The number of fused-ring (bicyclic) bond motifs is 1. The lowest BCUT2D eigenvalue weighted by atomic mass is 10.1. The molecule has 0 atom stereocenters. The molecule has 1 aromatic carbocycles. The molecule has 0 bridgehead atoms. The second-order valence-electron chi connectivity index (χ2n) is 3.04. The second kappa shape index (κ2) is 2.52. The lowest BCUT2D eigenvalue weighted by Gasteiger charge is -1.95. The number of thiol groups is 1. The number of aromatic nitrogens is 2. The first-order valence-electron chi connectivity index (χ1n) is 3.83. The maximum atomic E-state index is 4.26. The van der Waals surface area contributed by atoms with E-state index in [0.29, 0.717) is 5.16 Å². The Hall–Kier alpha value is -0.960. The largest absolute Gasteiger partial charge is 0.333 e. The van der Waals surface area contributed by atoms with E-state index in [1.165, 1.54) is 11.1 Å². The lowest BCUT2D eigenvalue weighted by molar-refractivity contribution is 1.09. The molecule has 0 saturated carbocycles. The quantitative estimate of drug-likeness (QED) is 0.596. The van der Waals surface area contributed by atoms with E-state index < -0.39 is 0 Å². The van der Waals surface area contributed by atoms with E-state index in [-0.39, 0.29) is 0 Å². The van der Waals surface area contributed by atoms with Crippen molar-refractivity contribution in [1.82, 2.24) is 9.97 Å². The van der Waals surface area contributed by atoms with Crippen LogP contribution in [0.2, 0.25) is 0 Å². The van der Waals surface area contributed by atoms with Crippen LogP contribution in [0, 0.1) is 13.8 Å². The minimum Gasteiger partial charge on any atom is -0.333 e. The van der Waals surface area contributed by atoms with Gasteiger partial charge in [0.25, 0.3) is 0 Å². The molecule has 0 aliphatic heterocycles. The van der Waals surface area contributed by atoms with Gasteiger partial charge in [-0.05, 0) is 31.0 Å². The molecule has 2 aromatic rings. The third kappa shape index (κ3) is 1.10. The second-order valence-corrected chi connectivity index (χ2v) is 3.46. The Balaban J connectivity index is 2.88. The minimum atomic E-state index is 0.679. The maximum Gasteiger partial charge on any atom is 0.163 e. The Labute approximate surface area is 76.4 Å². The molecule has 0 radical (unpaired) electrons. The van der Waals surface area contributed by atoms with Crippen LogP contribution in [0.4, 0.5) is 0 Å². The van der Waals surface area contributed by atoms with Crippen molar-refractivity contribution in [1.29, 1.82) is 0 Å². The van der Waals surface area contributed by atoms with Gasteiger partial charge in [-0.2, -0.15) is 0 Å². The molecule has 2 nitrogen and oxygen atoms in total. The van der Waals surface area contributed by atoms with Crippen LogP contribution in [0.5, 0.6) is 0 Å². The number of H-pyrrole nitrogens is 1. The monoisotopic (exact) mass is 178 g/mol. The van der Waals surface area contributed by atoms with E-state index in [2.05, 4.69) is 48.6 Å². The zero-order valence-corrected chi connectivity index (χ0v) is 7.94. The van der Waals surface area contributed by atoms with E-state index in [4.69, 9.17) is 0 Å². The Bertz CT molecular complexity index is 431. The number of aryl methyl sites for hydroxylation is 2. The van der Waals surface area contributed by atoms with Crippen molar-refractivity contribution in [2.75, 3.05) is 0 Å². The first-order valence-corrected chi connectivity index (χ1v) is 4.27. The fraction of sp³-hybridized carbons (Fsp3) is 0.222. The number of aromatic amines is 1. The van der Waals surface area contributed by atoms with Crippen LogP contribution in [-0.4, -0.2) is 9.97 Å². The number of hydrogen-bond acceptors (Lipinski definition) is 2. The van der Waals surface area contributed by atoms with Crippen LogP contribution < -0.4 is 0 Å². The molecule has 0 aliphatic rings. The molecular formula is C9H10N2S. The zero-order valence-electron chi connectivity index (χ0n) is 7.05. The number of nitrogens with zero attached hydrogens (tertiary/aromatic N) is 1. The van der Waals surface area contributed by atoms with Crippen molar-refractivity contribution in [2.45, 2.75) is 19.0 Å². The van der Waals surface area contributed by atoms with Gasteiger partial charge in [-0.3, -0.25) is 0 Å². The molecule has 62 valence electrons. The van der Waals surface area contributed by atoms with Gasteiger partial charge in [-0.25, -0.2) is 4.98 Å². The average molecular weight is 178 g/mol. The van der Waals surface area contributed by atoms with Gasteiger partial charge in [0, 0.05) is 0 Å². The summed E-state index contributed by atoms with van der Waals surface area (Å²) in [5, 5.41) is 0.679. The standard InChI is InChI=1S/C9H10N2S/c1-5-3-6(2)8-7(4-5)10-9(12)11-8/h3-4H,1-2H3,(H2,10,11,12). The summed E-state index contributed by atoms with van der Waals surface area (Å²) in [6.45, 7) is 4.13. The molecule has 1 heterocycles. The van der Waals surface area contributed by atoms with Crippen LogP contribution in [-0.2, 0) is 0 Å². The van der Waals surface area contributed by atoms with Gasteiger partial charge in [-0.1, -0.05) is 6.07 Å². The molecule has 2 rings (SSSR count). The Morgan fingerprint density at radius 2 is 2.08 bits per heavy atom. The number of benzene rings is 1. The molecule has 0 amide bonds. The highest BCUT2D eigenvalue weighted by Gasteiger charge is 2.02. The van der Waals surface area contributed by atoms with E-state index >= 15 is 0 Å². The highest BCUT2D eigenvalue weighted by atomic mass is 32.1. The Morgan fingerprint density at radius 1 is 1.33 bits per heavy atom. The molecule has 0 saturated heterocycles. The number of hydrogen-bond donors (Lipinski definition) is 2. The number of nitrogens with one attached hydrogen (secondary N) is 1. The van der Waals surface area contributed by atoms with Gasteiger partial charge >= 0.3 is 0 Å². The van der Waals surface area contributed by atoms with E-state index in [1.54, 1.807) is 0 Å². The fourth-order valence-corrected chi connectivity index (χ4v) is 1.68. The van der Waals surface area contributed by atoms with Crippen molar-refractivity contribution < 1.29 is 0 Å². The summed E-state index contributed by atoms with van der Waals surface area (Å²) < 4.78 is 0. The van der Waals surface area contributed by atoms with Gasteiger partial charge in [0.15, 0.2) is 5.16 Å². The Kier molecular flexibility index (Phi) is 1.61. The van der Waals surface area contributed by atoms with Gasteiger partial charge < -0.3 is 4.98 Å². The van der Waals surface area contributed by atoms with Crippen molar-refractivity contribution in [2.24, 2.45) is 0 Å². The molecule has 12 heavy (non-hydrogen) atoms. The summed E-state index contributed by atoms with van der Waals surface area (Å²) in [6, 6.07) is 4.20. The predicted octanol–water partition coefficient (Wildman–Crippen LogP) is 2.47. The van der Waals surface area contributed by atoms with Crippen LogP contribution >= 0.6 is 12.6 Å². The molecular weight excluding hydrogens is 168 g/mol. The van der Waals surface area contributed by atoms with Gasteiger partial charge in [0.1, 0.15) is 0 Å². The van der Waals surface area contributed by atoms with Gasteiger partial charge in [-0.15, -0.1) is 12.6 Å². The smallest absolute Gasteiger partial charge is 0.163 e. The van der Waals surface area contributed by atoms with Crippen LogP contribution in [0.3, 0.4) is 0 Å². The van der Waals surface area contributed by atoms with Gasteiger partial charge in [0.2, 0.25) is 0 Å². The minimum absolute atomic E-state index is 0.679. The maximum absolute atomic E-state index is 4.26. The highest BCUT2D eigenvalue weighted by molar-refractivity contribution is 7.80. The topological polar surface area (TPSA) is 28.7 Å². The normalized spacial score (nSPS) is 10.9. The third-order valence-electron chi connectivity index (χ3n) is 1.91. The third-order valence-corrected chi connectivity index (χ3v) is 2.12. The summed E-state index contributed by atoms with van der Waals surface area (Å²) >= 11 is 4.16. The molecule has 1 aromatic heterocycles. The van der Waals surface area contributed by atoms with Gasteiger partial charge in [0.05, 0.1) is 11.0 Å². The van der Waals surface area contributed by atoms with E-state index in [9.17, 15) is 0 Å². The summed E-state index contributed by atoms with van der Waals surface area (Å²) in [4.78, 5) is 7.36. The van der Waals surface area contributed by atoms with Crippen LogP contribution in [0.1, 0.15) is 11.1 Å². The lowest BCUT2D eigenvalue weighted by Crippen LogP contribution is -1.79. The molecule has 0 fully saturated rings. The molecule has 1 N–H and O–H groups in total. The molecule has 3 heteroatoms. The molecule has 0 unspecified atom stereocenters. The summed E-state index contributed by atoms with van der Waals surface area (Å²) in [7, 11) is 0. The number of rotatable bonds is 0. The van der Waals surface area contributed by atoms with Crippen molar-refractivity contribution >= 4 is 23.7 Å². The number of imidazole rings is 1. The SMILES string of the molecule is Cc1cc(C)c2nc(S)[nH]c2c1. The predicted molar refractivity (Wildman–Crippen MR) is 52.8 cm³/mol. The Morgan fingerprint density at radius 3 is 2.83 bits per heavy atom. The first-order chi connectivity index (χ1) is 5.66. The van der Waals surface area contributed by atoms with Crippen molar-refractivity contribution in [3.05, 3.63) is 23.3 Å². The van der Waals surface area contributed by atoms with Crippen molar-refractivity contribution in [3.63, 3.8) is 0 Å². The summed E-state index contributed by atoms with van der Waals surface area (Å²) in [5.41, 5.74) is 4.53. The first kappa shape index (κ1) is 7.68. The summed E-state index contributed by atoms with van der Waals surface area (Å²) in [5.74, 6) is 0. The van der Waals surface area contributed by atoms with Crippen LogP contribution in [0.15, 0.2) is 17.3 Å². The fourth-order valence-electron chi connectivity index (χ4n) is 1.46. The van der Waals surface area contributed by atoms with E-state index in [0.717, 1.165) is 11.0 Å². The van der Waals surface area contributed by atoms with Crippen molar-refractivity contribution in [3.8, 4) is 0 Å².